The largest absolute Gasteiger partial charge is 0.455 e. The second kappa shape index (κ2) is 3.66. The summed E-state index contributed by atoms with van der Waals surface area (Å²) in [7, 11) is -3.07. The summed E-state index contributed by atoms with van der Waals surface area (Å²) in [4.78, 5) is 0. The van der Waals surface area contributed by atoms with Gasteiger partial charge in [-0.05, 0) is 50.2 Å². The van der Waals surface area contributed by atoms with Gasteiger partial charge in [-0.2, -0.15) is 0 Å². The molecule has 2 heterocycles. The summed E-state index contributed by atoms with van der Waals surface area (Å²) in [6.07, 6.45) is 1.25. The fourth-order valence-corrected chi connectivity index (χ4v) is 17.0. The van der Waals surface area contributed by atoms with Gasteiger partial charge in [0.05, 0.1) is 6.61 Å². The summed E-state index contributed by atoms with van der Waals surface area (Å²) in [5.74, 6) is 0. The highest BCUT2D eigenvalue weighted by Crippen LogP contribution is 2.54. The summed E-state index contributed by atoms with van der Waals surface area (Å²) >= 11 is 0. The van der Waals surface area contributed by atoms with Gasteiger partial charge in [0.25, 0.3) is 0 Å². The summed E-state index contributed by atoms with van der Waals surface area (Å²) in [5, 5.41) is 12.9. The molecule has 2 saturated heterocycles. The monoisotopic (exact) mass is 245 g/mol. The van der Waals surface area contributed by atoms with Gasteiger partial charge in [0.2, 0.25) is 0 Å². The van der Waals surface area contributed by atoms with E-state index in [1.807, 2.05) is 0 Å². The first-order valence-corrected chi connectivity index (χ1v) is 11.9. The Labute approximate surface area is 94.5 Å². The van der Waals surface area contributed by atoms with Gasteiger partial charge in [0.1, 0.15) is 0 Å². The van der Waals surface area contributed by atoms with Crippen LogP contribution in [0.4, 0.5) is 0 Å². The fraction of sp³-hybridized carbons (Fsp3) is 1.00. The minimum Gasteiger partial charge on any atom is -0.455 e. The van der Waals surface area contributed by atoms with Crippen molar-refractivity contribution in [3.8, 4) is 0 Å². The fourth-order valence-electron chi connectivity index (χ4n) is 3.76. The van der Waals surface area contributed by atoms with Crippen molar-refractivity contribution in [1.82, 2.24) is 5.32 Å². The predicted octanol–water partition coefficient (Wildman–Crippen LogP) is 1.52. The van der Waals surface area contributed by atoms with E-state index in [1.165, 1.54) is 6.42 Å². The van der Waals surface area contributed by atoms with Crippen LogP contribution in [-0.4, -0.2) is 40.9 Å². The number of piperidine rings is 1. The van der Waals surface area contributed by atoms with Gasteiger partial charge in [0.15, 0.2) is 16.6 Å². The number of nitrogens with one attached hydrogen (secondary N) is 1. The molecule has 0 amide bonds. The van der Waals surface area contributed by atoms with Crippen molar-refractivity contribution in [2.24, 2.45) is 0 Å². The minimum atomic E-state index is -1.58. The van der Waals surface area contributed by atoms with Crippen LogP contribution < -0.4 is 5.32 Å². The Kier molecular flexibility index (Phi) is 2.88. The Morgan fingerprint density at radius 3 is 2.53 bits per heavy atom. The molecule has 5 heteroatoms. The Bertz CT molecular complexity index is 258. The summed E-state index contributed by atoms with van der Waals surface area (Å²) < 4.78 is 6.44. The van der Waals surface area contributed by atoms with Gasteiger partial charge in [0, 0.05) is 6.04 Å². The molecule has 0 bridgehead atoms. The average molecular weight is 245 g/mol. The zero-order valence-corrected chi connectivity index (χ0v) is 12.2. The van der Waals surface area contributed by atoms with E-state index in [4.69, 9.17) is 4.12 Å². The zero-order chi connectivity index (χ0) is 11.3. The summed E-state index contributed by atoms with van der Waals surface area (Å²) in [6.45, 7) is 10.7. The first kappa shape index (κ1) is 11.8. The molecule has 3 nitrogen and oxygen atoms in total. The molecule has 2 aliphatic heterocycles. The van der Waals surface area contributed by atoms with Gasteiger partial charge >= 0.3 is 0 Å². The van der Waals surface area contributed by atoms with Crippen LogP contribution in [0.2, 0.25) is 37.3 Å². The lowest BCUT2D eigenvalue weighted by molar-refractivity contribution is 0.217. The molecule has 0 unspecified atom stereocenters. The van der Waals surface area contributed by atoms with Crippen molar-refractivity contribution in [3.05, 3.63) is 0 Å². The second-order valence-corrected chi connectivity index (χ2v) is 14.6. The number of aliphatic hydroxyl groups excluding tert-OH is 1. The van der Waals surface area contributed by atoms with Gasteiger partial charge in [-0.25, -0.2) is 0 Å². The lowest BCUT2D eigenvalue weighted by atomic mass is 10.0. The standard InChI is InChI=1S/C10H23NO2Si2/c1-14(2)9-5-6-11-8(7-12)10(9)15(3,4)13-14/h8-12H,5-7H2,1-4H3/t8-,9+,10+/m1/s1. The minimum absolute atomic E-state index is 0.269. The topological polar surface area (TPSA) is 41.5 Å². The third-order valence-electron chi connectivity index (χ3n) is 4.15. The SMILES string of the molecule is C[Si]1(C)O[Si](C)(C)[C@H]2CCN[C@H](CO)[C@@H]21. The Morgan fingerprint density at radius 1 is 1.27 bits per heavy atom. The maximum atomic E-state index is 9.46. The molecule has 15 heavy (non-hydrogen) atoms. The average Bonchev–Trinajstić information content (AvgIpc) is 2.33. The van der Waals surface area contributed by atoms with E-state index in [0.717, 1.165) is 12.1 Å². The Hall–Kier alpha value is 0.314. The van der Waals surface area contributed by atoms with Crippen molar-refractivity contribution in [3.63, 3.8) is 0 Å². The van der Waals surface area contributed by atoms with Crippen molar-refractivity contribution in [1.29, 1.82) is 0 Å². The smallest absolute Gasteiger partial charge is 0.178 e. The zero-order valence-electron chi connectivity index (χ0n) is 10.2. The second-order valence-electron chi connectivity index (χ2n) is 5.97. The molecule has 0 aliphatic carbocycles. The molecule has 2 rings (SSSR count). The molecule has 0 aromatic rings. The highest BCUT2D eigenvalue weighted by Gasteiger charge is 2.59. The number of hydrogen-bond acceptors (Lipinski definition) is 3. The molecule has 88 valence electrons. The molecule has 0 aromatic carbocycles. The van der Waals surface area contributed by atoms with Crippen molar-refractivity contribution in [2.75, 3.05) is 13.2 Å². The predicted molar refractivity (Wildman–Crippen MR) is 67.0 cm³/mol. The van der Waals surface area contributed by atoms with Crippen molar-refractivity contribution >= 4 is 16.6 Å². The van der Waals surface area contributed by atoms with Crippen LogP contribution in [0, 0.1) is 0 Å². The Morgan fingerprint density at radius 2 is 1.93 bits per heavy atom. The van der Waals surface area contributed by atoms with Gasteiger partial charge in [-0.15, -0.1) is 0 Å². The van der Waals surface area contributed by atoms with Crippen LogP contribution in [0.25, 0.3) is 0 Å². The van der Waals surface area contributed by atoms with Gasteiger partial charge < -0.3 is 14.5 Å². The summed E-state index contributed by atoms with van der Waals surface area (Å²) in [5.41, 5.74) is 1.38. The lowest BCUT2D eigenvalue weighted by Gasteiger charge is -2.39. The maximum absolute atomic E-state index is 9.46. The van der Waals surface area contributed by atoms with E-state index in [2.05, 4.69) is 31.5 Å². The molecule has 2 N–H and O–H groups in total. The van der Waals surface area contributed by atoms with Crippen LogP contribution >= 0.6 is 0 Å². The van der Waals surface area contributed by atoms with Crippen LogP contribution in [-0.2, 0) is 4.12 Å². The van der Waals surface area contributed by atoms with E-state index >= 15 is 0 Å². The van der Waals surface area contributed by atoms with Gasteiger partial charge in [-0.1, -0.05) is 0 Å². The first-order chi connectivity index (χ1) is 6.88. The molecule has 0 radical (unpaired) electrons. The highest BCUT2D eigenvalue weighted by atomic mass is 28.4. The number of aliphatic hydroxyl groups is 1. The first-order valence-electron chi connectivity index (χ1n) is 5.93. The molecular formula is C10H23NO2Si2. The van der Waals surface area contributed by atoms with E-state index in [0.29, 0.717) is 11.6 Å². The molecule has 0 spiro atoms. The number of hydrogen-bond donors (Lipinski definition) is 2. The molecule has 2 aliphatic rings. The molecule has 2 fully saturated rings. The number of rotatable bonds is 1. The third-order valence-corrected chi connectivity index (χ3v) is 13.5. The number of fused-ring (bicyclic) bond motifs is 1. The maximum Gasteiger partial charge on any atom is 0.178 e. The lowest BCUT2D eigenvalue weighted by Crippen LogP contribution is -2.50. The Balaban J connectivity index is 2.30. The van der Waals surface area contributed by atoms with Crippen molar-refractivity contribution < 1.29 is 9.22 Å². The van der Waals surface area contributed by atoms with E-state index in [-0.39, 0.29) is 6.61 Å². The van der Waals surface area contributed by atoms with E-state index in [1.54, 1.807) is 0 Å². The van der Waals surface area contributed by atoms with E-state index < -0.39 is 16.6 Å². The highest BCUT2D eigenvalue weighted by molar-refractivity contribution is 6.91. The molecule has 3 atom stereocenters. The van der Waals surface area contributed by atoms with Gasteiger partial charge in [-0.3, -0.25) is 0 Å². The normalized spacial score (nSPS) is 42.6. The molecule has 0 aromatic heterocycles. The molecular weight excluding hydrogens is 222 g/mol. The van der Waals surface area contributed by atoms with E-state index in [9.17, 15) is 5.11 Å². The molecule has 0 saturated carbocycles. The van der Waals surface area contributed by atoms with Crippen molar-refractivity contribution in [2.45, 2.75) is 49.7 Å². The third kappa shape index (κ3) is 1.84. The van der Waals surface area contributed by atoms with Crippen LogP contribution in [0.5, 0.6) is 0 Å². The van der Waals surface area contributed by atoms with Crippen LogP contribution in [0.15, 0.2) is 0 Å². The van der Waals surface area contributed by atoms with Crippen LogP contribution in [0.1, 0.15) is 6.42 Å². The summed E-state index contributed by atoms with van der Waals surface area (Å²) in [6, 6.07) is 0.291. The van der Waals surface area contributed by atoms with Crippen LogP contribution in [0.3, 0.4) is 0 Å². The quantitative estimate of drug-likeness (QED) is 0.688.